The van der Waals surface area contributed by atoms with Gasteiger partial charge in [-0.05, 0) is 35.4 Å². The molecular formula is C18H15F3O. The van der Waals surface area contributed by atoms with Crippen LogP contribution in [0.2, 0.25) is 0 Å². The van der Waals surface area contributed by atoms with Crippen LogP contribution in [0, 0.1) is 0 Å². The van der Waals surface area contributed by atoms with Crippen molar-refractivity contribution in [1.82, 2.24) is 0 Å². The molecule has 2 aromatic carbocycles. The van der Waals surface area contributed by atoms with Gasteiger partial charge in [0.1, 0.15) is 5.75 Å². The number of halogens is 3. The first-order valence-electron chi connectivity index (χ1n) is 6.65. The third-order valence-electron chi connectivity index (χ3n) is 3.04. The molecule has 0 aliphatic carbocycles. The van der Waals surface area contributed by atoms with Gasteiger partial charge in [-0.15, -0.1) is 0 Å². The molecule has 4 heteroatoms. The monoisotopic (exact) mass is 304 g/mol. The van der Waals surface area contributed by atoms with Crippen LogP contribution in [0.5, 0.6) is 5.75 Å². The molecule has 2 rings (SSSR count). The molecule has 0 radical (unpaired) electrons. The van der Waals surface area contributed by atoms with Gasteiger partial charge in [0.25, 0.3) is 0 Å². The molecule has 114 valence electrons. The Morgan fingerprint density at radius 3 is 1.64 bits per heavy atom. The second-order valence-electron chi connectivity index (χ2n) is 4.61. The van der Waals surface area contributed by atoms with Crippen LogP contribution in [0.4, 0.5) is 13.2 Å². The van der Waals surface area contributed by atoms with E-state index in [4.69, 9.17) is 4.74 Å². The van der Waals surface area contributed by atoms with E-state index in [-0.39, 0.29) is 0 Å². The highest BCUT2D eigenvalue weighted by atomic mass is 19.4. The molecule has 0 bridgehead atoms. The Morgan fingerprint density at radius 1 is 0.773 bits per heavy atom. The normalized spacial score (nSPS) is 12.2. The fraction of sp³-hybridized carbons (Fsp3) is 0.111. The van der Waals surface area contributed by atoms with Gasteiger partial charge in [0, 0.05) is 0 Å². The average Bonchev–Trinajstić information content (AvgIpc) is 2.52. The van der Waals surface area contributed by atoms with Crippen molar-refractivity contribution in [2.75, 3.05) is 7.11 Å². The van der Waals surface area contributed by atoms with Crippen molar-refractivity contribution in [3.63, 3.8) is 0 Å². The standard InChI is InChI=1S/C18H15F3O/c1-22-17-12-8-15(9-13-17)5-3-2-4-14-6-10-16(11-7-14)18(19,20)21/h2-13H,1H3/b4-2+,5-3+. The molecule has 0 unspecified atom stereocenters. The van der Waals surface area contributed by atoms with Crippen molar-refractivity contribution in [2.45, 2.75) is 6.18 Å². The van der Waals surface area contributed by atoms with Crippen LogP contribution in [0.15, 0.2) is 60.7 Å². The summed E-state index contributed by atoms with van der Waals surface area (Å²) in [7, 11) is 1.61. The van der Waals surface area contributed by atoms with Crippen LogP contribution < -0.4 is 4.74 Å². The van der Waals surface area contributed by atoms with E-state index in [2.05, 4.69) is 0 Å². The number of hydrogen-bond acceptors (Lipinski definition) is 1. The SMILES string of the molecule is COc1ccc(/C=C/C=C/c2ccc(C(F)(F)F)cc2)cc1. The van der Waals surface area contributed by atoms with Crippen LogP contribution in [-0.4, -0.2) is 7.11 Å². The number of rotatable bonds is 4. The summed E-state index contributed by atoms with van der Waals surface area (Å²) in [6.07, 6.45) is 2.98. The Bertz CT molecular complexity index is 650. The molecule has 0 aliphatic heterocycles. The van der Waals surface area contributed by atoms with Gasteiger partial charge in [-0.2, -0.15) is 13.2 Å². The molecular weight excluding hydrogens is 289 g/mol. The number of benzene rings is 2. The lowest BCUT2D eigenvalue weighted by molar-refractivity contribution is -0.137. The predicted molar refractivity (Wildman–Crippen MR) is 82.5 cm³/mol. The van der Waals surface area contributed by atoms with Crippen molar-refractivity contribution < 1.29 is 17.9 Å². The first kappa shape index (κ1) is 15.9. The molecule has 0 spiro atoms. The van der Waals surface area contributed by atoms with E-state index in [0.29, 0.717) is 5.56 Å². The molecule has 22 heavy (non-hydrogen) atoms. The smallest absolute Gasteiger partial charge is 0.416 e. The maximum atomic E-state index is 12.4. The van der Waals surface area contributed by atoms with Crippen molar-refractivity contribution >= 4 is 12.2 Å². The molecule has 2 aromatic rings. The third-order valence-corrected chi connectivity index (χ3v) is 3.04. The Hall–Kier alpha value is -2.49. The third kappa shape index (κ3) is 4.52. The first-order valence-corrected chi connectivity index (χ1v) is 6.65. The van der Waals surface area contributed by atoms with Gasteiger partial charge in [0.05, 0.1) is 12.7 Å². The highest BCUT2D eigenvalue weighted by molar-refractivity contribution is 5.57. The highest BCUT2D eigenvalue weighted by Crippen LogP contribution is 2.29. The van der Waals surface area contributed by atoms with Crippen molar-refractivity contribution in [1.29, 1.82) is 0 Å². The number of methoxy groups -OCH3 is 1. The predicted octanol–water partition coefficient (Wildman–Crippen LogP) is 5.44. The molecule has 0 saturated heterocycles. The minimum atomic E-state index is -4.30. The van der Waals surface area contributed by atoms with E-state index in [0.717, 1.165) is 23.4 Å². The zero-order valence-electron chi connectivity index (χ0n) is 12.0. The largest absolute Gasteiger partial charge is 0.497 e. The minimum absolute atomic E-state index is 0.640. The quantitative estimate of drug-likeness (QED) is 0.683. The second kappa shape index (κ2) is 6.98. The van der Waals surface area contributed by atoms with Crippen LogP contribution in [0.3, 0.4) is 0 Å². The molecule has 0 aromatic heterocycles. The molecule has 0 atom stereocenters. The summed E-state index contributed by atoms with van der Waals surface area (Å²) >= 11 is 0. The summed E-state index contributed by atoms with van der Waals surface area (Å²) in [6.45, 7) is 0. The minimum Gasteiger partial charge on any atom is -0.497 e. The van der Waals surface area contributed by atoms with Gasteiger partial charge in [-0.3, -0.25) is 0 Å². The molecule has 0 aliphatic rings. The summed E-state index contributed by atoms with van der Waals surface area (Å²) in [5, 5.41) is 0. The zero-order valence-corrected chi connectivity index (χ0v) is 12.0. The van der Waals surface area contributed by atoms with E-state index >= 15 is 0 Å². The number of hydrogen-bond donors (Lipinski definition) is 0. The summed E-state index contributed by atoms with van der Waals surface area (Å²) in [5.74, 6) is 0.789. The van der Waals surface area contributed by atoms with Crippen molar-refractivity contribution in [2.24, 2.45) is 0 Å². The Kier molecular flexibility index (Phi) is 5.04. The average molecular weight is 304 g/mol. The molecule has 0 saturated carbocycles. The number of allylic oxidation sites excluding steroid dienone is 2. The summed E-state index contributed by atoms with van der Waals surface area (Å²) in [4.78, 5) is 0. The first-order chi connectivity index (χ1) is 10.5. The maximum absolute atomic E-state index is 12.4. The van der Waals surface area contributed by atoms with Gasteiger partial charge >= 0.3 is 6.18 Å². The lowest BCUT2D eigenvalue weighted by Gasteiger charge is -2.05. The molecule has 0 N–H and O–H groups in total. The van der Waals surface area contributed by atoms with Crippen molar-refractivity contribution in [3.05, 3.63) is 77.4 Å². The Balaban J connectivity index is 1.98. The van der Waals surface area contributed by atoms with E-state index in [9.17, 15) is 13.2 Å². The summed E-state index contributed by atoms with van der Waals surface area (Å²) in [5.41, 5.74) is 1.09. The Morgan fingerprint density at radius 2 is 1.23 bits per heavy atom. The van der Waals surface area contributed by atoms with E-state index in [1.165, 1.54) is 12.1 Å². The Labute approximate surface area is 127 Å². The molecule has 0 fully saturated rings. The zero-order chi connectivity index (χ0) is 16.0. The van der Waals surface area contributed by atoms with Crippen molar-refractivity contribution in [3.8, 4) is 5.75 Å². The summed E-state index contributed by atoms with van der Waals surface area (Å²) in [6, 6.07) is 12.6. The van der Waals surface area contributed by atoms with E-state index in [1.807, 2.05) is 36.4 Å². The number of alkyl halides is 3. The van der Waals surface area contributed by atoms with E-state index < -0.39 is 11.7 Å². The topological polar surface area (TPSA) is 9.23 Å². The maximum Gasteiger partial charge on any atom is 0.416 e. The lowest BCUT2D eigenvalue weighted by atomic mass is 10.1. The van der Waals surface area contributed by atoms with Gasteiger partial charge < -0.3 is 4.74 Å². The molecule has 0 amide bonds. The van der Waals surface area contributed by atoms with Gasteiger partial charge in [-0.25, -0.2) is 0 Å². The van der Waals surface area contributed by atoms with Crippen LogP contribution in [-0.2, 0) is 6.18 Å². The van der Waals surface area contributed by atoms with Crippen LogP contribution in [0.25, 0.3) is 12.2 Å². The molecule has 1 nitrogen and oxygen atoms in total. The van der Waals surface area contributed by atoms with Crippen LogP contribution >= 0.6 is 0 Å². The molecule has 0 heterocycles. The summed E-state index contributed by atoms with van der Waals surface area (Å²) < 4.78 is 42.4. The van der Waals surface area contributed by atoms with Gasteiger partial charge in [0.15, 0.2) is 0 Å². The number of ether oxygens (including phenoxy) is 1. The highest BCUT2D eigenvalue weighted by Gasteiger charge is 2.29. The lowest BCUT2D eigenvalue weighted by Crippen LogP contribution is -2.03. The van der Waals surface area contributed by atoms with Gasteiger partial charge in [-0.1, -0.05) is 48.6 Å². The van der Waals surface area contributed by atoms with E-state index in [1.54, 1.807) is 19.3 Å². The fourth-order valence-corrected chi connectivity index (χ4v) is 1.83. The van der Waals surface area contributed by atoms with Gasteiger partial charge in [0.2, 0.25) is 0 Å². The van der Waals surface area contributed by atoms with Crippen LogP contribution in [0.1, 0.15) is 16.7 Å². The second-order valence-corrected chi connectivity index (χ2v) is 4.61. The fourth-order valence-electron chi connectivity index (χ4n) is 1.83.